The Morgan fingerprint density at radius 3 is 2.20 bits per heavy atom. The third-order valence-corrected chi connectivity index (χ3v) is 13.5. The lowest BCUT2D eigenvalue weighted by molar-refractivity contribution is -0.328. The molecule has 3 saturated heterocycles. The first-order valence-corrected chi connectivity index (χ1v) is 20.9. The number of methoxy groups -OCH3 is 2. The number of carbonyl (C=O) groups is 1. The van der Waals surface area contributed by atoms with Crippen LogP contribution in [0.25, 0.3) is 0 Å². The molecule has 4 rings (SSSR count). The molecular formula is C42H77N3O11. The van der Waals surface area contributed by atoms with Crippen molar-refractivity contribution in [1.29, 1.82) is 0 Å². The van der Waals surface area contributed by atoms with Gasteiger partial charge >= 0.3 is 5.97 Å². The quantitative estimate of drug-likeness (QED) is 0.299. The van der Waals surface area contributed by atoms with E-state index in [0.717, 1.165) is 6.42 Å². The van der Waals surface area contributed by atoms with Crippen LogP contribution in [0.5, 0.6) is 0 Å². The van der Waals surface area contributed by atoms with E-state index in [0.29, 0.717) is 31.8 Å². The molecule has 16 unspecified atom stereocenters. The predicted molar refractivity (Wildman–Crippen MR) is 213 cm³/mol. The third kappa shape index (κ3) is 9.61. The van der Waals surface area contributed by atoms with Crippen molar-refractivity contribution in [3.8, 4) is 0 Å². The molecule has 0 saturated carbocycles. The molecule has 14 heteroatoms. The molecule has 4 aliphatic rings. The lowest BCUT2D eigenvalue weighted by Crippen LogP contribution is -2.68. The molecule has 14 nitrogen and oxygen atoms in total. The molecule has 0 aromatic carbocycles. The van der Waals surface area contributed by atoms with Gasteiger partial charge in [-0.15, -0.1) is 0 Å². The normalized spacial score (nSPS) is 47.1. The van der Waals surface area contributed by atoms with E-state index in [-0.39, 0.29) is 30.6 Å². The maximum atomic E-state index is 14.4. The van der Waals surface area contributed by atoms with E-state index in [2.05, 4.69) is 49.8 Å². The summed E-state index contributed by atoms with van der Waals surface area (Å²) in [5.41, 5.74) is -3.94. The fraction of sp³-hybridized carbons (Fsp3) is 0.952. The molecule has 0 amide bonds. The number of aliphatic hydroxyl groups is 2. The molecule has 17 atom stereocenters. The van der Waals surface area contributed by atoms with Crippen LogP contribution in [-0.2, 0) is 42.7 Å². The summed E-state index contributed by atoms with van der Waals surface area (Å²) in [5.74, 6) is -1.15. The van der Waals surface area contributed by atoms with Crippen LogP contribution in [0, 0.1) is 23.2 Å². The minimum absolute atomic E-state index is 0.0479. The maximum Gasteiger partial charge on any atom is 0.311 e. The summed E-state index contributed by atoms with van der Waals surface area (Å²) in [4.78, 5) is 21.2. The van der Waals surface area contributed by atoms with Crippen LogP contribution in [0.4, 0.5) is 0 Å². The van der Waals surface area contributed by atoms with Crippen molar-refractivity contribution in [2.45, 2.75) is 193 Å². The zero-order valence-corrected chi connectivity index (χ0v) is 37.3. The lowest BCUT2D eigenvalue weighted by Gasteiger charge is -2.53. The van der Waals surface area contributed by atoms with Crippen LogP contribution in [0.15, 0.2) is 4.99 Å². The highest BCUT2D eigenvalue weighted by atomic mass is 16.7. The van der Waals surface area contributed by atoms with E-state index in [1.807, 2.05) is 48.7 Å². The number of nitrogens with one attached hydrogen (secondary N) is 1. The van der Waals surface area contributed by atoms with Crippen molar-refractivity contribution in [3.05, 3.63) is 0 Å². The fourth-order valence-electron chi connectivity index (χ4n) is 10.1. The number of carbonyl (C=O) groups excluding carboxylic acids is 1. The van der Waals surface area contributed by atoms with Gasteiger partial charge in [0.15, 0.2) is 24.1 Å². The lowest BCUT2D eigenvalue weighted by atomic mass is 9.71. The fourth-order valence-corrected chi connectivity index (χ4v) is 10.1. The van der Waals surface area contributed by atoms with Crippen molar-refractivity contribution < 1.29 is 52.9 Å². The van der Waals surface area contributed by atoms with E-state index in [1.54, 1.807) is 21.1 Å². The van der Waals surface area contributed by atoms with Crippen LogP contribution in [0.2, 0.25) is 0 Å². The molecule has 0 bridgehead atoms. The zero-order valence-electron chi connectivity index (χ0n) is 37.3. The van der Waals surface area contributed by atoms with E-state index >= 15 is 0 Å². The Kier molecular flexibility index (Phi) is 15.5. The number of esters is 1. The predicted octanol–water partition coefficient (Wildman–Crippen LogP) is 4.31. The number of hydrogen-bond acceptors (Lipinski definition) is 14. The van der Waals surface area contributed by atoms with Crippen LogP contribution >= 0.6 is 0 Å². The molecule has 3 fully saturated rings. The zero-order chi connectivity index (χ0) is 42.1. The SMILES string of the molecule is CC[C@H]1OC(=O)C(C)C(OC2CC(C)(OC)C3(CN=C(C)O3)C(C)O2)C(C)C(OC2OC(C)CC(N(C)C)C2OC)C(C)(C)CC(C)CNC(C)C(O)C1(C)O. The summed E-state index contributed by atoms with van der Waals surface area (Å²) in [7, 11) is 7.43. The van der Waals surface area contributed by atoms with Gasteiger partial charge in [-0.25, -0.2) is 0 Å². The first kappa shape index (κ1) is 47.2. The number of rotatable bonds is 8. The second-order valence-corrected chi connectivity index (χ2v) is 18.8. The van der Waals surface area contributed by atoms with Crippen LogP contribution in [-0.4, -0.2) is 153 Å². The number of ether oxygens (including phenoxy) is 8. The van der Waals surface area contributed by atoms with Crippen molar-refractivity contribution in [3.63, 3.8) is 0 Å². The molecule has 4 heterocycles. The van der Waals surface area contributed by atoms with E-state index < -0.39 is 89.2 Å². The number of nitrogens with zero attached hydrogens (tertiary/aromatic N) is 2. The Morgan fingerprint density at radius 2 is 1.64 bits per heavy atom. The highest BCUT2D eigenvalue weighted by Crippen LogP contribution is 2.47. The topological polar surface area (TPSA) is 159 Å². The Morgan fingerprint density at radius 1 is 0.982 bits per heavy atom. The third-order valence-electron chi connectivity index (χ3n) is 13.5. The molecule has 326 valence electrons. The minimum atomic E-state index is -1.74. The number of cyclic esters (lactones) is 1. The van der Waals surface area contributed by atoms with Gasteiger partial charge in [0.1, 0.15) is 35.6 Å². The van der Waals surface area contributed by atoms with Gasteiger partial charge in [0, 0.05) is 45.6 Å². The smallest absolute Gasteiger partial charge is 0.311 e. The average molecular weight is 800 g/mol. The number of aliphatic imine (C=N–C) groups is 1. The van der Waals surface area contributed by atoms with Gasteiger partial charge in [-0.2, -0.15) is 0 Å². The van der Waals surface area contributed by atoms with Gasteiger partial charge < -0.3 is 58.3 Å². The summed E-state index contributed by atoms with van der Waals surface area (Å²) in [6.45, 7) is 24.3. The average Bonchev–Trinajstić information content (AvgIpc) is 3.54. The van der Waals surface area contributed by atoms with Crippen LogP contribution in [0.1, 0.15) is 109 Å². The molecule has 0 radical (unpaired) electrons. The second kappa shape index (κ2) is 18.4. The molecular weight excluding hydrogens is 722 g/mol. The second-order valence-electron chi connectivity index (χ2n) is 18.8. The van der Waals surface area contributed by atoms with Crippen LogP contribution in [0.3, 0.4) is 0 Å². The van der Waals surface area contributed by atoms with Gasteiger partial charge in [0.05, 0.1) is 30.8 Å². The molecule has 0 aliphatic carbocycles. The molecule has 0 aromatic heterocycles. The monoisotopic (exact) mass is 800 g/mol. The Labute approximate surface area is 337 Å². The van der Waals surface area contributed by atoms with Crippen molar-refractivity contribution in [2.24, 2.45) is 28.2 Å². The van der Waals surface area contributed by atoms with Gasteiger partial charge in [-0.3, -0.25) is 9.79 Å². The Bertz CT molecular complexity index is 1330. The molecule has 0 aromatic rings. The Balaban J connectivity index is 1.82. The standard InChI is InChI=1S/C42H77N3O11/c1-17-31-41(12,48)35(46)27(6)43-21-23(2)19-39(9,10)36(55-38-34(49-15)30(45(13)14)18-24(3)51-38)25(4)33(26(5)37(47)53-31)54-32-20-40(11,50-16)42(28(7)52-32)22-44-29(8)56-42/h23-28,30-36,38,43,46,48H,17-22H2,1-16H3/t23?,24?,25?,26?,27?,28?,30?,31-,32?,33?,34?,35?,36?,38?,40?,41?,42?/m1/s1. The van der Waals surface area contributed by atoms with Crippen molar-refractivity contribution in [1.82, 2.24) is 10.2 Å². The number of likely N-dealkylation sites (N-methyl/N-ethyl adjacent to an activating group) is 1. The summed E-state index contributed by atoms with van der Waals surface area (Å²) < 4.78 is 52.3. The summed E-state index contributed by atoms with van der Waals surface area (Å²) in [6.07, 6.45) is -3.91. The molecule has 3 N–H and O–H groups in total. The Hall–Kier alpha value is -1.46. The minimum Gasteiger partial charge on any atom is -0.467 e. The largest absolute Gasteiger partial charge is 0.467 e. The van der Waals surface area contributed by atoms with Gasteiger partial charge in [0.2, 0.25) is 0 Å². The van der Waals surface area contributed by atoms with Gasteiger partial charge in [0.25, 0.3) is 0 Å². The molecule has 4 aliphatic heterocycles. The van der Waals surface area contributed by atoms with Crippen molar-refractivity contribution in [2.75, 3.05) is 41.4 Å². The summed E-state index contributed by atoms with van der Waals surface area (Å²) in [6, 6.07) is -0.441. The first-order valence-electron chi connectivity index (χ1n) is 20.9. The highest BCUT2D eigenvalue weighted by molar-refractivity contribution is 5.76. The van der Waals surface area contributed by atoms with Gasteiger partial charge in [-0.05, 0) is 92.8 Å². The summed E-state index contributed by atoms with van der Waals surface area (Å²) >= 11 is 0. The number of aliphatic hydroxyl groups excluding tert-OH is 1. The van der Waals surface area contributed by atoms with E-state index in [9.17, 15) is 15.0 Å². The van der Waals surface area contributed by atoms with Crippen molar-refractivity contribution >= 4 is 11.9 Å². The molecule has 1 spiro atoms. The highest BCUT2D eigenvalue weighted by Gasteiger charge is 2.63. The van der Waals surface area contributed by atoms with E-state index in [1.165, 1.54) is 6.92 Å². The summed E-state index contributed by atoms with van der Waals surface area (Å²) in [5, 5.41) is 26.7. The number of hydrogen-bond donors (Lipinski definition) is 3. The van der Waals surface area contributed by atoms with Gasteiger partial charge in [-0.1, -0.05) is 34.6 Å². The molecule has 56 heavy (non-hydrogen) atoms. The van der Waals surface area contributed by atoms with Crippen LogP contribution < -0.4 is 5.32 Å². The first-order chi connectivity index (χ1) is 26.0. The van der Waals surface area contributed by atoms with E-state index in [4.69, 9.17) is 37.9 Å². The maximum absolute atomic E-state index is 14.4.